The summed E-state index contributed by atoms with van der Waals surface area (Å²) < 4.78 is 6.51. The average Bonchev–Trinajstić information content (AvgIpc) is 3.58. The van der Waals surface area contributed by atoms with Gasteiger partial charge in [-0.3, -0.25) is 14.4 Å². The fraction of sp³-hybridized carbons (Fsp3) is 0.469. The van der Waals surface area contributed by atoms with Crippen LogP contribution in [-0.2, 0) is 19.1 Å². The van der Waals surface area contributed by atoms with E-state index in [0.29, 0.717) is 27.6 Å². The van der Waals surface area contributed by atoms with Gasteiger partial charge >= 0.3 is 0 Å². The van der Waals surface area contributed by atoms with Crippen LogP contribution in [0.2, 0.25) is 10.0 Å². The van der Waals surface area contributed by atoms with Gasteiger partial charge in [0.1, 0.15) is 11.6 Å². The van der Waals surface area contributed by atoms with Gasteiger partial charge < -0.3 is 20.3 Å². The summed E-state index contributed by atoms with van der Waals surface area (Å²) in [4.78, 5) is 44.1. The molecule has 2 saturated heterocycles. The van der Waals surface area contributed by atoms with Crippen molar-refractivity contribution in [3.8, 4) is 0 Å². The van der Waals surface area contributed by atoms with E-state index in [4.69, 9.17) is 27.9 Å². The van der Waals surface area contributed by atoms with E-state index in [1.807, 2.05) is 49.4 Å². The molecule has 216 valence electrons. The van der Waals surface area contributed by atoms with Crippen molar-refractivity contribution in [2.45, 2.75) is 69.9 Å². The molecule has 9 atom stereocenters. The van der Waals surface area contributed by atoms with Gasteiger partial charge in [-0.05, 0) is 48.9 Å². The zero-order valence-corrected chi connectivity index (χ0v) is 24.9. The Labute approximate surface area is 250 Å². The number of nitrogens with zero attached hydrogens (tertiary/aromatic N) is 1. The summed E-state index contributed by atoms with van der Waals surface area (Å²) in [6.45, 7) is 6.33. The molecule has 1 saturated carbocycles. The zero-order valence-electron chi connectivity index (χ0n) is 23.3. The van der Waals surface area contributed by atoms with Crippen molar-refractivity contribution in [1.29, 1.82) is 0 Å². The Bertz CT molecular complexity index is 1380. The molecular weight excluding hydrogens is 561 g/mol. The second-order valence-electron chi connectivity index (χ2n) is 12.1. The maximum Gasteiger partial charge on any atom is 0.246 e. The summed E-state index contributed by atoms with van der Waals surface area (Å²) in [6.07, 6.45) is 6.12. The monoisotopic (exact) mass is 595 g/mol. The van der Waals surface area contributed by atoms with Gasteiger partial charge in [0.25, 0.3) is 0 Å². The molecule has 0 aromatic heterocycles. The maximum absolute atomic E-state index is 14.4. The molecule has 2 aromatic rings. The van der Waals surface area contributed by atoms with E-state index in [0.717, 1.165) is 24.8 Å². The van der Waals surface area contributed by atoms with Gasteiger partial charge in [-0.25, -0.2) is 0 Å². The lowest BCUT2D eigenvalue weighted by Crippen LogP contribution is -2.58. The van der Waals surface area contributed by atoms with Crippen LogP contribution in [0.5, 0.6) is 0 Å². The van der Waals surface area contributed by atoms with E-state index in [-0.39, 0.29) is 23.8 Å². The van der Waals surface area contributed by atoms with E-state index in [9.17, 15) is 14.4 Å². The number of carbonyl (C=O) groups is 3. The highest BCUT2D eigenvalue weighted by Gasteiger charge is 2.73. The normalized spacial score (nSPS) is 34.4. The maximum atomic E-state index is 14.4. The Kier molecular flexibility index (Phi) is 7.41. The second-order valence-corrected chi connectivity index (χ2v) is 12.9. The van der Waals surface area contributed by atoms with Crippen molar-refractivity contribution >= 4 is 46.6 Å². The number of hydrogen-bond acceptors (Lipinski definition) is 4. The number of benzene rings is 2. The van der Waals surface area contributed by atoms with Crippen molar-refractivity contribution in [3.63, 3.8) is 0 Å². The summed E-state index contributed by atoms with van der Waals surface area (Å²) in [7, 11) is 0. The van der Waals surface area contributed by atoms with Crippen LogP contribution < -0.4 is 10.6 Å². The van der Waals surface area contributed by atoms with Crippen LogP contribution in [0.15, 0.2) is 60.7 Å². The first kappa shape index (κ1) is 28.3. The lowest BCUT2D eigenvalue weighted by atomic mass is 9.73. The van der Waals surface area contributed by atoms with Crippen LogP contribution in [0, 0.1) is 23.7 Å². The molecule has 6 rings (SSSR count). The Balaban J connectivity index is 1.35. The second kappa shape index (κ2) is 10.8. The largest absolute Gasteiger partial charge is 0.359 e. The van der Waals surface area contributed by atoms with Crippen molar-refractivity contribution < 1.29 is 19.1 Å². The molecule has 9 heteroatoms. The first-order valence-electron chi connectivity index (χ1n) is 14.4. The average molecular weight is 597 g/mol. The van der Waals surface area contributed by atoms with Gasteiger partial charge in [-0.2, -0.15) is 0 Å². The zero-order chi connectivity index (χ0) is 29.1. The van der Waals surface area contributed by atoms with E-state index in [1.54, 1.807) is 23.1 Å². The molecule has 0 radical (unpaired) electrons. The summed E-state index contributed by atoms with van der Waals surface area (Å²) >= 11 is 12.3. The minimum atomic E-state index is -1.24. The molecule has 2 bridgehead atoms. The molecular formula is C32H35Cl2N3O4. The number of nitrogens with one attached hydrogen (secondary N) is 2. The smallest absolute Gasteiger partial charge is 0.246 e. The fourth-order valence-electron chi connectivity index (χ4n) is 7.41. The standard InChI is InChI=1S/C32H35Cl2N3O4/c1-17-8-7-11-24(18(17)2)36-30(39)28-32-13-12-25(41-32)26(29(38)35-23-15-21(33)14-22(34)16-23)27(32)31(40)37(28)19(3)20-9-5-4-6-10-20/h4-6,9-10,12-19,24-28H,7-8,11H2,1-3H3,(H,35,38)(H,36,39)/t17-,18-,19-,24+,25+,26-,27+,28+,32+/m1/s1. The molecule has 1 aliphatic carbocycles. The van der Waals surface area contributed by atoms with Gasteiger partial charge in [-0.1, -0.05) is 92.4 Å². The third-order valence-electron chi connectivity index (χ3n) is 9.73. The van der Waals surface area contributed by atoms with Gasteiger partial charge in [0.05, 0.1) is 24.0 Å². The molecule has 7 nitrogen and oxygen atoms in total. The first-order valence-corrected chi connectivity index (χ1v) is 15.2. The predicted octanol–water partition coefficient (Wildman–Crippen LogP) is 5.78. The number of fused-ring (bicyclic) bond motifs is 1. The van der Waals surface area contributed by atoms with Gasteiger partial charge in [-0.15, -0.1) is 0 Å². The number of hydrogen-bond donors (Lipinski definition) is 2. The third-order valence-corrected chi connectivity index (χ3v) is 10.2. The van der Waals surface area contributed by atoms with Crippen molar-refractivity contribution in [2.24, 2.45) is 23.7 Å². The SMILES string of the molecule is C[C@@H]1[C@H](C)CCC[C@@H]1NC(=O)[C@@H]1N([C@H](C)c2ccccc2)C(=O)[C@@H]2[C@H](C(=O)Nc3cc(Cl)cc(Cl)c3)[C@@H]3C=C[C@]21O3. The van der Waals surface area contributed by atoms with Crippen molar-refractivity contribution in [2.75, 3.05) is 5.32 Å². The fourth-order valence-corrected chi connectivity index (χ4v) is 7.94. The molecule has 2 aromatic carbocycles. The summed E-state index contributed by atoms with van der Waals surface area (Å²) in [5.74, 6) is -1.72. The van der Waals surface area contributed by atoms with Gasteiger partial charge in [0.2, 0.25) is 17.7 Å². The van der Waals surface area contributed by atoms with E-state index < -0.39 is 35.6 Å². The molecule has 3 amide bonds. The Morgan fingerprint density at radius 1 is 1.05 bits per heavy atom. The molecule has 2 N–H and O–H groups in total. The molecule has 3 fully saturated rings. The van der Waals surface area contributed by atoms with E-state index in [1.165, 1.54) is 0 Å². The highest BCUT2D eigenvalue weighted by atomic mass is 35.5. The van der Waals surface area contributed by atoms with Crippen LogP contribution in [0.1, 0.15) is 51.6 Å². The van der Waals surface area contributed by atoms with Gasteiger partial charge in [0, 0.05) is 21.8 Å². The number of halogens is 2. The number of carbonyl (C=O) groups excluding carboxylic acids is 3. The Morgan fingerprint density at radius 2 is 1.76 bits per heavy atom. The van der Waals surface area contributed by atoms with E-state index >= 15 is 0 Å². The van der Waals surface area contributed by atoms with E-state index in [2.05, 4.69) is 24.5 Å². The van der Waals surface area contributed by atoms with Crippen LogP contribution >= 0.6 is 23.2 Å². The van der Waals surface area contributed by atoms with Crippen molar-refractivity contribution in [1.82, 2.24) is 10.2 Å². The highest BCUT2D eigenvalue weighted by Crippen LogP contribution is 2.57. The van der Waals surface area contributed by atoms with Crippen LogP contribution in [0.25, 0.3) is 0 Å². The summed E-state index contributed by atoms with van der Waals surface area (Å²) in [5.41, 5.74) is 0.0950. The van der Waals surface area contributed by atoms with Crippen LogP contribution in [-0.4, -0.2) is 46.4 Å². The minimum Gasteiger partial charge on any atom is -0.359 e. The number of rotatable bonds is 6. The predicted molar refractivity (Wildman–Crippen MR) is 158 cm³/mol. The van der Waals surface area contributed by atoms with Crippen LogP contribution in [0.3, 0.4) is 0 Å². The molecule has 4 aliphatic rings. The van der Waals surface area contributed by atoms with Crippen LogP contribution in [0.4, 0.5) is 5.69 Å². The molecule has 3 heterocycles. The summed E-state index contributed by atoms with van der Waals surface area (Å²) in [5, 5.41) is 6.96. The number of amides is 3. The molecule has 0 unspecified atom stereocenters. The van der Waals surface area contributed by atoms with Crippen molar-refractivity contribution in [3.05, 3.63) is 76.3 Å². The molecule has 1 spiro atoms. The molecule has 41 heavy (non-hydrogen) atoms. The number of likely N-dealkylation sites (tertiary alicyclic amines) is 1. The Hall–Kier alpha value is -2.87. The molecule has 3 aliphatic heterocycles. The Morgan fingerprint density at radius 3 is 2.46 bits per heavy atom. The topological polar surface area (TPSA) is 87.7 Å². The lowest BCUT2D eigenvalue weighted by molar-refractivity contribution is -0.144. The van der Waals surface area contributed by atoms with Gasteiger partial charge in [0.15, 0.2) is 0 Å². The number of anilines is 1. The lowest BCUT2D eigenvalue weighted by Gasteiger charge is -2.39. The minimum absolute atomic E-state index is 0.0138. The quantitative estimate of drug-likeness (QED) is 0.414. The summed E-state index contributed by atoms with van der Waals surface area (Å²) in [6, 6.07) is 13.1. The number of ether oxygens (including phenoxy) is 1. The third kappa shape index (κ3) is 4.76. The highest BCUT2D eigenvalue weighted by molar-refractivity contribution is 6.35. The first-order chi connectivity index (χ1) is 19.6.